The number of aliphatic imine (C=N–C) groups is 1. The van der Waals surface area contributed by atoms with Crippen LogP contribution in [0.15, 0.2) is 58.4 Å². The normalized spacial score (nSPS) is 12.7. The highest BCUT2D eigenvalue weighted by atomic mass is 35.5. The molecule has 0 bridgehead atoms. The van der Waals surface area contributed by atoms with E-state index in [1.54, 1.807) is 19.2 Å². The predicted molar refractivity (Wildman–Crippen MR) is 102 cm³/mol. The van der Waals surface area contributed by atoms with E-state index >= 15 is 0 Å². The molecule has 7 heteroatoms. The molecule has 0 heterocycles. The average Bonchev–Trinajstić information content (AvgIpc) is 2.59. The van der Waals surface area contributed by atoms with Crippen molar-refractivity contribution < 1.29 is 4.21 Å². The van der Waals surface area contributed by atoms with Crippen LogP contribution >= 0.6 is 23.2 Å². The minimum Gasteiger partial charge on any atom is -0.355 e. The Hall–Kier alpha value is -1.56. The van der Waals surface area contributed by atoms with Crippen LogP contribution in [0.4, 0.5) is 0 Å². The summed E-state index contributed by atoms with van der Waals surface area (Å²) in [6, 6.07) is 14.8. The highest BCUT2D eigenvalue weighted by Crippen LogP contribution is 2.20. The van der Waals surface area contributed by atoms with Crippen LogP contribution < -0.4 is 10.6 Å². The Morgan fingerprint density at radius 3 is 2.54 bits per heavy atom. The summed E-state index contributed by atoms with van der Waals surface area (Å²) in [5, 5.41) is 7.53. The quantitative estimate of drug-likeness (QED) is 0.593. The minimum absolute atomic E-state index is 0.506. The maximum absolute atomic E-state index is 12.2. The molecule has 2 aromatic rings. The zero-order valence-corrected chi connectivity index (χ0v) is 15.6. The van der Waals surface area contributed by atoms with E-state index in [1.807, 2.05) is 36.4 Å². The van der Waals surface area contributed by atoms with Gasteiger partial charge >= 0.3 is 0 Å². The van der Waals surface area contributed by atoms with Crippen molar-refractivity contribution in [3.05, 3.63) is 64.1 Å². The van der Waals surface area contributed by atoms with Crippen LogP contribution in [0.1, 0.15) is 5.56 Å². The third-order valence-electron chi connectivity index (χ3n) is 3.27. The van der Waals surface area contributed by atoms with Gasteiger partial charge in [-0.1, -0.05) is 47.5 Å². The van der Waals surface area contributed by atoms with Crippen LogP contribution in [-0.4, -0.2) is 29.5 Å². The SMILES string of the molecule is CN=C(NCCS(=O)c1ccccc1)NCc1ccc(Cl)cc1Cl. The van der Waals surface area contributed by atoms with Gasteiger partial charge in [-0.15, -0.1) is 0 Å². The largest absolute Gasteiger partial charge is 0.355 e. The number of hydrogen-bond donors (Lipinski definition) is 2. The van der Waals surface area contributed by atoms with Gasteiger partial charge < -0.3 is 10.6 Å². The Labute approximate surface area is 154 Å². The molecule has 1 atom stereocenters. The van der Waals surface area contributed by atoms with Crippen LogP contribution in [0, 0.1) is 0 Å². The third-order valence-corrected chi connectivity index (χ3v) is 5.23. The molecule has 0 fully saturated rings. The molecule has 0 radical (unpaired) electrons. The smallest absolute Gasteiger partial charge is 0.191 e. The Morgan fingerprint density at radius 2 is 1.88 bits per heavy atom. The van der Waals surface area contributed by atoms with Crippen molar-refractivity contribution in [3.8, 4) is 0 Å². The van der Waals surface area contributed by atoms with Crippen LogP contribution in [-0.2, 0) is 17.3 Å². The van der Waals surface area contributed by atoms with Crippen molar-refractivity contribution in [2.24, 2.45) is 4.99 Å². The monoisotopic (exact) mass is 383 g/mol. The summed E-state index contributed by atoms with van der Waals surface area (Å²) in [5.41, 5.74) is 0.928. The molecule has 2 rings (SSSR count). The number of halogens is 2. The number of hydrogen-bond acceptors (Lipinski definition) is 2. The Balaban J connectivity index is 1.79. The van der Waals surface area contributed by atoms with E-state index in [2.05, 4.69) is 15.6 Å². The van der Waals surface area contributed by atoms with E-state index in [1.165, 1.54) is 0 Å². The lowest BCUT2D eigenvalue weighted by Crippen LogP contribution is -2.38. The summed E-state index contributed by atoms with van der Waals surface area (Å²) in [7, 11) is 0.658. The predicted octanol–water partition coefficient (Wildman–Crippen LogP) is 3.47. The van der Waals surface area contributed by atoms with Gasteiger partial charge in [-0.2, -0.15) is 0 Å². The summed E-state index contributed by atoms with van der Waals surface area (Å²) in [6.45, 7) is 1.08. The lowest BCUT2D eigenvalue weighted by molar-refractivity contribution is 0.681. The molecule has 0 saturated heterocycles. The first-order valence-corrected chi connectivity index (χ1v) is 9.49. The fourth-order valence-corrected chi connectivity index (χ4v) is 3.48. The van der Waals surface area contributed by atoms with Crippen LogP contribution in [0.25, 0.3) is 0 Å². The Bertz CT molecular complexity index is 723. The molecular weight excluding hydrogens is 365 g/mol. The molecule has 0 aromatic heterocycles. The fourth-order valence-electron chi connectivity index (χ4n) is 2.02. The lowest BCUT2D eigenvalue weighted by Gasteiger charge is -2.12. The van der Waals surface area contributed by atoms with Crippen molar-refractivity contribution in [3.63, 3.8) is 0 Å². The number of rotatable bonds is 6. The first-order chi connectivity index (χ1) is 11.6. The molecule has 2 N–H and O–H groups in total. The molecular formula is C17H19Cl2N3OS. The first-order valence-electron chi connectivity index (χ1n) is 7.42. The molecule has 1 unspecified atom stereocenters. The maximum Gasteiger partial charge on any atom is 0.191 e. The number of guanidine groups is 1. The zero-order valence-electron chi connectivity index (χ0n) is 13.3. The van der Waals surface area contributed by atoms with Crippen molar-refractivity contribution in [2.45, 2.75) is 11.4 Å². The molecule has 0 aliphatic rings. The molecule has 0 amide bonds. The van der Waals surface area contributed by atoms with Gasteiger partial charge in [-0.05, 0) is 29.8 Å². The van der Waals surface area contributed by atoms with Crippen molar-refractivity contribution >= 4 is 40.0 Å². The highest BCUT2D eigenvalue weighted by molar-refractivity contribution is 7.85. The zero-order chi connectivity index (χ0) is 17.4. The van der Waals surface area contributed by atoms with E-state index in [4.69, 9.17) is 23.2 Å². The van der Waals surface area contributed by atoms with E-state index in [0.717, 1.165) is 10.5 Å². The summed E-state index contributed by atoms with van der Waals surface area (Å²) in [4.78, 5) is 4.98. The number of nitrogens with one attached hydrogen (secondary N) is 2. The second-order valence-corrected chi connectivity index (χ2v) is 7.37. The topological polar surface area (TPSA) is 53.5 Å². The van der Waals surface area contributed by atoms with Gasteiger partial charge in [0.15, 0.2) is 5.96 Å². The molecule has 2 aromatic carbocycles. The van der Waals surface area contributed by atoms with Gasteiger partial charge in [0, 0.05) is 40.8 Å². The molecule has 0 aliphatic carbocycles. The first kappa shape index (κ1) is 18.8. The second kappa shape index (κ2) is 9.67. The number of nitrogens with zero attached hydrogens (tertiary/aromatic N) is 1. The van der Waals surface area contributed by atoms with Gasteiger partial charge in [-0.3, -0.25) is 9.20 Å². The van der Waals surface area contributed by atoms with Crippen molar-refractivity contribution in [2.75, 3.05) is 19.3 Å². The summed E-state index contributed by atoms with van der Waals surface area (Å²) in [5.74, 6) is 1.14. The Kier molecular flexibility index (Phi) is 7.56. The summed E-state index contributed by atoms with van der Waals surface area (Å²) in [6.07, 6.45) is 0. The van der Waals surface area contributed by atoms with Crippen molar-refractivity contribution in [1.82, 2.24) is 10.6 Å². The van der Waals surface area contributed by atoms with Crippen molar-refractivity contribution in [1.29, 1.82) is 0 Å². The molecule has 0 saturated carbocycles. The molecule has 4 nitrogen and oxygen atoms in total. The summed E-state index contributed by atoms with van der Waals surface area (Å²) < 4.78 is 12.2. The highest BCUT2D eigenvalue weighted by Gasteiger charge is 2.05. The lowest BCUT2D eigenvalue weighted by atomic mass is 10.2. The fraction of sp³-hybridized carbons (Fsp3) is 0.235. The maximum atomic E-state index is 12.2. The van der Waals surface area contributed by atoms with Gasteiger partial charge in [-0.25, -0.2) is 0 Å². The molecule has 128 valence electrons. The number of benzene rings is 2. The second-order valence-electron chi connectivity index (χ2n) is 4.95. The average molecular weight is 384 g/mol. The van der Waals surface area contributed by atoms with Crippen LogP contribution in [0.5, 0.6) is 0 Å². The van der Waals surface area contributed by atoms with Crippen LogP contribution in [0.2, 0.25) is 10.0 Å². The van der Waals surface area contributed by atoms with E-state index < -0.39 is 10.8 Å². The molecule has 0 spiro atoms. The third kappa shape index (κ3) is 5.82. The van der Waals surface area contributed by atoms with Gasteiger partial charge in [0.1, 0.15) is 0 Å². The van der Waals surface area contributed by atoms with Gasteiger partial charge in [0.2, 0.25) is 0 Å². The van der Waals surface area contributed by atoms with Gasteiger partial charge in [0.25, 0.3) is 0 Å². The van der Waals surface area contributed by atoms with E-state index in [-0.39, 0.29) is 0 Å². The van der Waals surface area contributed by atoms with Crippen LogP contribution in [0.3, 0.4) is 0 Å². The molecule has 0 aliphatic heterocycles. The van der Waals surface area contributed by atoms with Gasteiger partial charge in [0.05, 0.1) is 10.8 Å². The minimum atomic E-state index is -1.03. The standard InChI is InChI=1S/C17H19Cl2N3OS/c1-20-17(22-12-13-7-8-14(18)11-16(13)19)21-9-10-24(23)15-5-3-2-4-6-15/h2-8,11H,9-10,12H2,1H3,(H2,20,21,22). The Morgan fingerprint density at radius 1 is 1.12 bits per heavy atom. The van der Waals surface area contributed by atoms with E-state index in [9.17, 15) is 4.21 Å². The summed E-state index contributed by atoms with van der Waals surface area (Å²) >= 11 is 12.0. The molecule has 24 heavy (non-hydrogen) atoms. The van der Waals surface area contributed by atoms with E-state index in [0.29, 0.717) is 34.8 Å².